The lowest BCUT2D eigenvalue weighted by Gasteiger charge is -2.34. The molecule has 0 aliphatic heterocycles. The maximum Gasteiger partial charge on any atom is 0.306 e. The van der Waals surface area contributed by atoms with Crippen molar-refractivity contribution in [2.75, 3.05) is 41.0 Å². The number of carboxylic acid groups (broad SMARTS) is 1. The van der Waals surface area contributed by atoms with Crippen LogP contribution < -0.4 is 5.11 Å². The first-order valence-electron chi connectivity index (χ1n) is 18.7. The van der Waals surface area contributed by atoms with Gasteiger partial charge in [0.05, 0.1) is 40.3 Å². The highest BCUT2D eigenvalue weighted by Crippen LogP contribution is 2.10. The van der Waals surface area contributed by atoms with Gasteiger partial charge in [0.25, 0.3) is 0 Å². The van der Waals surface area contributed by atoms with Gasteiger partial charge in [-0.15, -0.1) is 0 Å². The van der Waals surface area contributed by atoms with E-state index >= 15 is 0 Å². The minimum absolute atomic E-state index is 0.00767. The highest BCUT2D eigenvalue weighted by atomic mass is 16.6. The third-order valence-electron chi connectivity index (χ3n) is 7.95. The molecule has 8 heteroatoms. The topological polar surface area (TPSA) is 102 Å². The van der Waals surface area contributed by atoms with Crippen molar-refractivity contribution in [1.29, 1.82) is 0 Å². The van der Waals surface area contributed by atoms with Gasteiger partial charge >= 0.3 is 11.9 Å². The minimum atomic E-state index is -1.14. The van der Waals surface area contributed by atoms with Crippen LogP contribution in [0.25, 0.3) is 0 Å². The number of carboxylic acids is 1. The smallest absolute Gasteiger partial charge is 0.306 e. The summed E-state index contributed by atoms with van der Waals surface area (Å²) in [7, 11) is 5.36. The lowest BCUT2D eigenvalue weighted by atomic mass is 10.1. The fourth-order valence-corrected chi connectivity index (χ4v) is 4.98. The number of quaternary nitrogens is 1. The first-order valence-corrected chi connectivity index (χ1v) is 18.7. The first kappa shape index (κ1) is 45.3. The van der Waals surface area contributed by atoms with Crippen LogP contribution in [0.4, 0.5) is 0 Å². The molecule has 48 heavy (non-hydrogen) atoms. The van der Waals surface area contributed by atoms with Gasteiger partial charge in [-0.25, -0.2) is 0 Å². The van der Waals surface area contributed by atoms with Gasteiger partial charge in [-0.2, -0.15) is 0 Å². The highest BCUT2D eigenvalue weighted by Gasteiger charge is 2.25. The number of carbonyl (C=O) groups excluding carboxylic acids is 3. The molecule has 0 aromatic heterocycles. The van der Waals surface area contributed by atoms with Crippen molar-refractivity contribution in [2.45, 2.75) is 148 Å². The molecule has 0 aromatic carbocycles. The van der Waals surface area contributed by atoms with E-state index in [-0.39, 0.29) is 55.5 Å². The van der Waals surface area contributed by atoms with E-state index in [1.807, 2.05) is 6.08 Å². The number of likely N-dealkylation sites (N-methyl/N-ethyl adjacent to an activating group) is 1. The van der Waals surface area contributed by atoms with E-state index in [2.05, 4.69) is 56.4 Å². The van der Waals surface area contributed by atoms with Crippen molar-refractivity contribution < 1.29 is 38.2 Å². The Balaban J connectivity index is 4.51. The van der Waals surface area contributed by atoms with Crippen LogP contribution in [0.2, 0.25) is 0 Å². The number of carbonyl (C=O) groups is 3. The Morgan fingerprint density at radius 2 is 1.15 bits per heavy atom. The lowest BCUT2D eigenvalue weighted by Crippen LogP contribution is -2.55. The van der Waals surface area contributed by atoms with Crippen LogP contribution in [0.5, 0.6) is 0 Å². The number of aliphatic carboxylic acids is 1. The summed E-state index contributed by atoms with van der Waals surface area (Å²) < 4.78 is 16.9. The predicted molar refractivity (Wildman–Crippen MR) is 194 cm³/mol. The van der Waals surface area contributed by atoms with Crippen LogP contribution in [-0.2, 0) is 28.6 Å². The summed E-state index contributed by atoms with van der Waals surface area (Å²) in [5.74, 6) is -1.88. The minimum Gasteiger partial charge on any atom is -0.544 e. The number of rotatable bonds is 32. The summed E-state index contributed by atoms with van der Waals surface area (Å²) in [6, 6.07) is -0.737. The van der Waals surface area contributed by atoms with E-state index in [1.165, 1.54) is 57.8 Å². The Morgan fingerprint density at radius 3 is 1.77 bits per heavy atom. The van der Waals surface area contributed by atoms with Crippen LogP contribution in [0.1, 0.15) is 136 Å². The van der Waals surface area contributed by atoms with Crippen LogP contribution in [0.3, 0.4) is 0 Å². The summed E-state index contributed by atoms with van der Waals surface area (Å²) in [6.07, 6.45) is 34.6. The van der Waals surface area contributed by atoms with E-state index < -0.39 is 18.1 Å². The average molecular weight is 676 g/mol. The lowest BCUT2D eigenvalue weighted by molar-refractivity contribution is -0.889. The number of allylic oxidation sites excluding steroid dienone is 8. The Bertz CT molecular complexity index is 932. The maximum atomic E-state index is 12.6. The molecule has 0 saturated carbocycles. The maximum absolute atomic E-state index is 12.6. The summed E-state index contributed by atoms with van der Waals surface area (Å²) in [4.78, 5) is 36.4. The van der Waals surface area contributed by atoms with Crippen molar-refractivity contribution in [1.82, 2.24) is 0 Å². The molecule has 0 bridgehead atoms. The largest absolute Gasteiger partial charge is 0.544 e. The van der Waals surface area contributed by atoms with Gasteiger partial charge in [-0.1, -0.05) is 107 Å². The molecule has 0 aromatic rings. The van der Waals surface area contributed by atoms with Crippen LogP contribution in [0.15, 0.2) is 48.6 Å². The number of hydrogen-bond acceptors (Lipinski definition) is 7. The Morgan fingerprint density at radius 1 is 0.625 bits per heavy atom. The van der Waals surface area contributed by atoms with E-state index in [0.717, 1.165) is 32.1 Å². The number of ether oxygens (including phenoxy) is 3. The second-order valence-corrected chi connectivity index (χ2v) is 13.4. The molecule has 0 N–H and O–H groups in total. The average Bonchev–Trinajstić information content (AvgIpc) is 3.03. The molecule has 0 aliphatic rings. The second kappa shape index (κ2) is 31.6. The van der Waals surface area contributed by atoms with Gasteiger partial charge < -0.3 is 28.6 Å². The van der Waals surface area contributed by atoms with E-state index in [0.29, 0.717) is 12.8 Å². The molecule has 2 unspecified atom stereocenters. The monoisotopic (exact) mass is 676 g/mol. The van der Waals surface area contributed by atoms with E-state index in [1.54, 1.807) is 21.1 Å². The van der Waals surface area contributed by atoms with Crippen LogP contribution in [0, 0.1) is 0 Å². The molecule has 0 radical (unpaired) electrons. The van der Waals surface area contributed by atoms with Crippen molar-refractivity contribution in [2.24, 2.45) is 0 Å². The van der Waals surface area contributed by atoms with Gasteiger partial charge in [0.15, 0.2) is 6.10 Å². The van der Waals surface area contributed by atoms with Crippen molar-refractivity contribution in [3.8, 4) is 0 Å². The summed E-state index contributed by atoms with van der Waals surface area (Å²) in [5, 5.41) is 11.5. The van der Waals surface area contributed by atoms with Gasteiger partial charge in [0, 0.05) is 19.3 Å². The van der Waals surface area contributed by atoms with Crippen molar-refractivity contribution in [3.63, 3.8) is 0 Å². The van der Waals surface area contributed by atoms with Gasteiger partial charge in [0.2, 0.25) is 0 Å². The number of hydrogen-bond donors (Lipinski definition) is 0. The second-order valence-electron chi connectivity index (χ2n) is 13.4. The van der Waals surface area contributed by atoms with E-state index in [9.17, 15) is 19.5 Å². The van der Waals surface area contributed by atoms with Crippen molar-refractivity contribution in [3.05, 3.63) is 48.6 Å². The zero-order valence-electron chi connectivity index (χ0n) is 31.1. The van der Waals surface area contributed by atoms with Gasteiger partial charge in [-0.3, -0.25) is 9.59 Å². The molecule has 276 valence electrons. The molecule has 2 atom stereocenters. The van der Waals surface area contributed by atoms with Gasteiger partial charge in [-0.05, 0) is 57.8 Å². The fraction of sp³-hybridized carbons (Fsp3) is 0.725. The molecule has 0 amide bonds. The number of unbranched alkanes of at least 4 members (excludes halogenated alkanes) is 10. The number of nitrogens with zero attached hydrogens (tertiary/aromatic N) is 1. The van der Waals surface area contributed by atoms with Crippen LogP contribution in [-0.4, -0.2) is 75.5 Å². The molecule has 8 nitrogen and oxygen atoms in total. The summed E-state index contributed by atoms with van der Waals surface area (Å²) in [6.45, 7) is 4.46. The molecule has 0 aliphatic carbocycles. The highest BCUT2D eigenvalue weighted by molar-refractivity contribution is 5.70. The molecule has 0 rings (SSSR count). The molecular weight excluding hydrogens is 606 g/mol. The third-order valence-corrected chi connectivity index (χ3v) is 7.95. The summed E-state index contributed by atoms with van der Waals surface area (Å²) in [5.41, 5.74) is 0. The molecular formula is C40H69NO7. The molecule has 0 saturated heterocycles. The molecule has 0 heterocycles. The molecule has 0 fully saturated rings. The Hall–Kier alpha value is -2.71. The normalized spacial score (nSPS) is 13.6. The standard InChI is InChI=1S/C40H69NO7/c1-6-8-10-12-14-15-16-17-18-19-20-21-22-23-25-27-29-31-39(43)48-36(34-46-33-32-37(40(44)45)41(3,4)5)35-47-38(42)30-28-26-24-13-11-9-7-2/h17-18,20-21,23-26,36-37H,6-16,19,22,27-35H2,1-5H3/b18-17+,21-20+,25-23+,26-24+. The first-order chi connectivity index (χ1) is 23.1. The Labute approximate surface area is 293 Å². The summed E-state index contributed by atoms with van der Waals surface area (Å²) >= 11 is 0. The SMILES string of the molecule is CCCCC/C=C/CCC(=O)OCC(COCCC(C(=O)[O-])[N+](C)(C)C)OC(=O)CCC/C=C/C/C=C/C/C=C/CCCCCCCC. The van der Waals surface area contributed by atoms with Crippen molar-refractivity contribution >= 4 is 17.9 Å². The zero-order chi connectivity index (χ0) is 35.7. The number of esters is 2. The molecule has 0 spiro atoms. The zero-order valence-corrected chi connectivity index (χ0v) is 31.1. The fourth-order valence-electron chi connectivity index (χ4n) is 4.98. The predicted octanol–water partition coefficient (Wildman–Crippen LogP) is 7.96. The quantitative estimate of drug-likeness (QED) is 0.0309. The van der Waals surface area contributed by atoms with Gasteiger partial charge in [0.1, 0.15) is 12.6 Å². The Kier molecular flexibility index (Phi) is 29.8. The van der Waals surface area contributed by atoms with Crippen LogP contribution >= 0.6 is 0 Å². The third kappa shape index (κ3) is 29.4. The van der Waals surface area contributed by atoms with E-state index in [4.69, 9.17) is 14.2 Å².